The van der Waals surface area contributed by atoms with Gasteiger partial charge in [-0.25, -0.2) is 13.2 Å². The number of hydrogen-bond acceptors (Lipinski definition) is 7. The molecule has 148 valence electrons. The maximum absolute atomic E-state index is 13.1. The number of anilines is 1. The average Bonchev–Trinajstić information content (AvgIpc) is 2.95. The van der Waals surface area contributed by atoms with Gasteiger partial charge in [-0.1, -0.05) is 11.6 Å². The Hall–Kier alpha value is -2.98. The van der Waals surface area contributed by atoms with Crippen LogP contribution < -0.4 is 14.8 Å². The Bertz CT molecular complexity index is 1080. The number of halogens is 1. The van der Waals surface area contributed by atoms with Gasteiger partial charge in [0.05, 0.1) is 20.5 Å². The molecule has 0 aliphatic carbocycles. The van der Waals surface area contributed by atoms with Crippen molar-refractivity contribution in [3.8, 4) is 11.5 Å². The Morgan fingerprint density at radius 1 is 1.18 bits per heavy atom. The zero-order chi connectivity index (χ0) is 20.6. The molecule has 0 fully saturated rings. The predicted molar refractivity (Wildman–Crippen MR) is 96.5 cm³/mol. The van der Waals surface area contributed by atoms with E-state index in [0.717, 1.165) is 0 Å². The summed E-state index contributed by atoms with van der Waals surface area (Å²) in [6.07, 6.45) is -1.60. The van der Waals surface area contributed by atoms with Crippen LogP contribution in [0.3, 0.4) is 0 Å². The second kappa shape index (κ2) is 7.21. The van der Waals surface area contributed by atoms with Crippen molar-refractivity contribution >= 4 is 39.2 Å². The van der Waals surface area contributed by atoms with Gasteiger partial charge in [0.2, 0.25) is 15.7 Å². The Kier molecular flexibility index (Phi) is 5.09. The van der Waals surface area contributed by atoms with E-state index in [1.807, 2.05) is 0 Å². The molecule has 9 nitrogen and oxygen atoms in total. The van der Waals surface area contributed by atoms with Crippen LogP contribution in [0.4, 0.5) is 10.5 Å². The predicted octanol–water partition coefficient (Wildman–Crippen LogP) is 3.19. The second-order valence-electron chi connectivity index (χ2n) is 5.80. The molecule has 2 N–H and O–H groups in total. The van der Waals surface area contributed by atoms with Gasteiger partial charge in [0, 0.05) is 13.0 Å². The number of aryl methyl sites for hydroxylation is 1. The highest BCUT2D eigenvalue weighted by molar-refractivity contribution is 7.91. The van der Waals surface area contributed by atoms with E-state index in [1.54, 1.807) is 6.92 Å². The van der Waals surface area contributed by atoms with Crippen LogP contribution in [-0.2, 0) is 19.4 Å². The maximum atomic E-state index is 13.1. The number of sulfone groups is 1. The summed E-state index contributed by atoms with van der Waals surface area (Å²) in [6.45, 7) is 1.30. The number of rotatable bonds is 4. The SMILES string of the molecule is CC(=O)Nc1cc(S(=O)(=O)c2cc3c(cc2C)OC(OC(=O)O)O3)ccc1Cl. The molecule has 0 radical (unpaired) electrons. The summed E-state index contributed by atoms with van der Waals surface area (Å²) < 4.78 is 40.9. The first-order valence-corrected chi connectivity index (χ1v) is 9.64. The van der Waals surface area contributed by atoms with Crippen LogP contribution in [0.25, 0.3) is 0 Å². The van der Waals surface area contributed by atoms with Crippen LogP contribution >= 0.6 is 11.6 Å². The van der Waals surface area contributed by atoms with Crippen molar-refractivity contribution < 1.29 is 37.3 Å². The number of nitrogens with one attached hydrogen (secondary N) is 1. The van der Waals surface area contributed by atoms with Crippen LogP contribution in [0.1, 0.15) is 12.5 Å². The first kappa shape index (κ1) is 19.8. The minimum absolute atomic E-state index is 0.0199. The summed E-state index contributed by atoms with van der Waals surface area (Å²) in [4.78, 5) is 21.7. The van der Waals surface area contributed by atoms with Crippen LogP contribution in [0.2, 0.25) is 5.02 Å². The Balaban J connectivity index is 2.00. The fourth-order valence-electron chi connectivity index (χ4n) is 2.56. The number of carbonyl (C=O) groups is 2. The summed E-state index contributed by atoms with van der Waals surface area (Å²) in [7, 11) is -4.01. The van der Waals surface area contributed by atoms with E-state index in [1.165, 1.54) is 37.3 Å². The molecule has 0 aromatic heterocycles. The zero-order valence-electron chi connectivity index (χ0n) is 14.6. The van der Waals surface area contributed by atoms with Gasteiger partial charge in [0.25, 0.3) is 0 Å². The molecule has 1 aliphatic heterocycles. The highest BCUT2D eigenvalue weighted by atomic mass is 35.5. The molecule has 28 heavy (non-hydrogen) atoms. The smallest absolute Gasteiger partial charge is 0.450 e. The molecule has 3 rings (SSSR count). The number of amides is 1. The van der Waals surface area contributed by atoms with Gasteiger partial charge in [-0.2, -0.15) is 0 Å². The minimum atomic E-state index is -4.01. The summed E-state index contributed by atoms with van der Waals surface area (Å²) in [5.74, 6) is -0.232. The van der Waals surface area contributed by atoms with Crippen LogP contribution in [0.5, 0.6) is 11.5 Å². The van der Waals surface area contributed by atoms with Gasteiger partial charge in [0.15, 0.2) is 11.5 Å². The maximum Gasteiger partial charge on any atom is 0.511 e. The van der Waals surface area contributed by atoms with Crippen LogP contribution in [0, 0.1) is 6.92 Å². The highest BCUT2D eigenvalue weighted by Gasteiger charge is 2.31. The van der Waals surface area contributed by atoms with E-state index in [0.29, 0.717) is 5.56 Å². The van der Waals surface area contributed by atoms with Crippen LogP contribution in [-0.4, -0.2) is 32.1 Å². The Morgan fingerprint density at radius 3 is 2.43 bits per heavy atom. The van der Waals surface area contributed by atoms with Crippen LogP contribution in [0.15, 0.2) is 40.1 Å². The molecular formula is C17H14ClNO8S. The molecule has 1 amide bonds. The molecule has 11 heteroatoms. The number of carboxylic acid groups (broad SMARTS) is 1. The normalized spacial score (nSPS) is 15.2. The molecule has 2 aromatic carbocycles. The largest absolute Gasteiger partial charge is 0.511 e. The molecule has 0 spiro atoms. The van der Waals surface area contributed by atoms with Crippen molar-refractivity contribution in [3.05, 3.63) is 40.9 Å². The summed E-state index contributed by atoms with van der Waals surface area (Å²) in [5.41, 5.74) is 0.498. The summed E-state index contributed by atoms with van der Waals surface area (Å²) >= 11 is 5.99. The standard InChI is InChI=1S/C17H14ClNO8S/c1-8-5-13-14(26-17(25-13)27-16(21)22)7-15(8)28(23,24)10-3-4-11(18)12(6-10)19-9(2)20/h3-7,17H,1-2H3,(H,19,20)(H,21,22). The first-order chi connectivity index (χ1) is 13.1. The van der Waals surface area contributed by atoms with Crippen molar-refractivity contribution in [2.45, 2.75) is 30.1 Å². The monoisotopic (exact) mass is 427 g/mol. The number of carbonyl (C=O) groups excluding carboxylic acids is 1. The van der Waals surface area contributed by atoms with E-state index in [9.17, 15) is 18.0 Å². The van der Waals surface area contributed by atoms with Crippen molar-refractivity contribution in [1.82, 2.24) is 0 Å². The third-order valence-electron chi connectivity index (χ3n) is 3.73. The van der Waals surface area contributed by atoms with Gasteiger partial charge in [0.1, 0.15) is 0 Å². The topological polar surface area (TPSA) is 128 Å². The first-order valence-electron chi connectivity index (χ1n) is 7.77. The van der Waals surface area contributed by atoms with Gasteiger partial charge in [-0.15, -0.1) is 0 Å². The highest BCUT2D eigenvalue weighted by Crippen LogP contribution is 2.40. The van der Waals surface area contributed by atoms with E-state index >= 15 is 0 Å². The van der Waals surface area contributed by atoms with Crippen molar-refractivity contribution in [3.63, 3.8) is 0 Å². The fraction of sp³-hybridized carbons (Fsp3) is 0.176. The third kappa shape index (κ3) is 3.82. The van der Waals surface area contributed by atoms with Crippen molar-refractivity contribution in [2.75, 3.05) is 5.32 Å². The zero-order valence-corrected chi connectivity index (χ0v) is 16.1. The van der Waals surface area contributed by atoms with Gasteiger partial charge >= 0.3 is 12.6 Å². The lowest BCUT2D eigenvalue weighted by Gasteiger charge is -2.11. The number of benzene rings is 2. The van der Waals surface area contributed by atoms with Gasteiger partial charge in [-0.3, -0.25) is 4.79 Å². The van der Waals surface area contributed by atoms with E-state index < -0.39 is 28.4 Å². The average molecular weight is 428 g/mol. The molecular weight excluding hydrogens is 414 g/mol. The Labute approximate surface area is 164 Å². The van der Waals surface area contributed by atoms with E-state index in [4.69, 9.17) is 26.2 Å². The lowest BCUT2D eigenvalue weighted by atomic mass is 10.2. The molecule has 2 aromatic rings. The molecule has 0 bridgehead atoms. The third-order valence-corrected chi connectivity index (χ3v) is 5.96. The lowest BCUT2D eigenvalue weighted by molar-refractivity contribution is -0.147. The summed E-state index contributed by atoms with van der Waals surface area (Å²) in [6, 6.07) is 6.54. The lowest BCUT2D eigenvalue weighted by Crippen LogP contribution is -2.24. The molecule has 0 saturated carbocycles. The second-order valence-corrected chi connectivity index (χ2v) is 8.12. The van der Waals surface area contributed by atoms with Crippen molar-refractivity contribution in [1.29, 1.82) is 0 Å². The quantitative estimate of drug-likeness (QED) is 0.712. The molecule has 1 unspecified atom stereocenters. The number of hydrogen-bond donors (Lipinski definition) is 2. The molecule has 1 aliphatic rings. The fourth-order valence-corrected chi connectivity index (χ4v) is 4.25. The van der Waals surface area contributed by atoms with Gasteiger partial charge < -0.3 is 24.6 Å². The minimum Gasteiger partial charge on any atom is -0.450 e. The summed E-state index contributed by atoms with van der Waals surface area (Å²) in [5, 5.41) is 11.3. The molecule has 0 saturated heterocycles. The van der Waals surface area contributed by atoms with E-state index in [2.05, 4.69) is 10.1 Å². The molecule has 1 atom stereocenters. The van der Waals surface area contributed by atoms with Crippen molar-refractivity contribution in [2.24, 2.45) is 0 Å². The number of fused-ring (bicyclic) bond motifs is 1. The van der Waals surface area contributed by atoms with Gasteiger partial charge in [-0.05, 0) is 36.8 Å². The number of ether oxygens (including phenoxy) is 3. The molecule has 1 heterocycles. The Morgan fingerprint density at radius 2 is 1.82 bits per heavy atom. The van der Waals surface area contributed by atoms with E-state index in [-0.39, 0.29) is 32.0 Å².